The second-order valence-electron chi connectivity index (χ2n) is 11.4. The number of unbranched alkanes of at least 4 members (excludes halogenated alkanes) is 22. The molecule has 0 amide bonds. The first kappa shape index (κ1) is 39.3. The Hall–Kier alpha value is 0.320. The van der Waals surface area contributed by atoms with Gasteiger partial charge in [0.25, 0.3) is 0 Å². The smallest absolute Gasteiger partial charge is 0.146 e. The van der Waals surface area contributed by atoms with Crippen LogP contribution in [0, 0.1) is 0 Å². The highest BCUT2D eigenvalue weighted by Gasteiger charge is 2.10. The Morgan fingerprint density at radius 2 is 0.795 bits per heavy atom. The molecule has 0 spiro atoms. The highest BCUT2D eigenvalue weighted by atomic mass is 79.9. The normalized spacial score (nSPS) is 12.4. The van der Waals surface area contributed by atoms with Crippen LogP contribution in [0.25, 0.3) is 0 Å². The Balaban J connectivity index is 3.69. The molecule has 0 aliphatic carbocycles. The molecule has 0 aliphatic rings. The van der Waals surface area contributed by atoms with Crippen LogP contribution in [0.2, 0.25) is 0 Å². The zero-order valence-corrected chi connectivity index (χ0v) is 28.1. The lowest BCUT2D eigenvalue weighted by Gasteiger charge is -2.18. The van der Waals surface area contributed by atoms with Gasteiger partial charge in [-0.25, -0.2) is 0 Å². The van der Waals surface area contributed by atoms with Gasteiger partial charge in [-0.1, -0.05) is 171 Å². The van der Waals surface area contributed by atoms with E-state index in [1.54, 1.807) is 0 Å². The first-order chi connectivity index (χ1) is 19.3. The predicted octanol–water partition coefficient (Wildman–Crippen LogP) is 11.2. The molecule has 0 heterocycles. The van der Waals surface area contributed by atoms with Crippen LogP contribution in [0.15, 0.2) is 0 Å². The van der Waals surface area contributed by atoms with Crippen LogP contribution in [-0.2, 0) is 18.9 Å². The van der Waals surface area contributed by atoms with Crippen molar-refractivity contribution >= 4 is 15.9 Å². The van der Waals surface area contributed by atoms with E-state index >= 15 is 0 Å². The number of rotatable bonds is 35. The monoisotopic (exact) mass is 620 g/mol. The molecule has 0 saturated heterocycles. The maximum Gasteiger partial charge on any atom is 0.146 e. The third-order valence-corrected chi connectivity index (χ3v) is 7.81. The lowest BCUT2D eigenvalue weighted by atomic mass is 10.1. The summed E-state index contributed by atoms with van der Waals surface area (Å²) >= 11 is 3.37. The second-order valence-corrected chi connectivity index (χ2v) is 12.2. The number of ether oxygens (including phenoxy) is 4. The van der Waals surface area contributed by atoms with Crippen molar-refractivity contribution in [3.63, 3.8) is 0 Å². The lowest BCUT2D eigenvalue weighted by molar-refractivity contribution is -0.107. The van der Waals surface area contributed by atoms with E-state index in [0.717, 1.165) is 31.4 Å². The molecule has 0 fully saturated rings. The fourth-order valence-corrected chi connectivity index (χ4v) is 5.18. The van der Waals surface area contributed by atoms with Gasteiger partial charge in [0.2, 0.25) is 0 Å². The molecule has 0 N–H and O–H groups in total. The lowest BCUT2D eigenvalue weighted by Crippen LogP contribution is -2.27. The third kappa shape index (κ3) is 34.4. The molecular formula is C34H69BrO4. The molecule has 0 radical (unpaired) electrons. The summed E-state index contributed by atoms with van der Waals surface area (Å²) in [5.41, 5.74) is 0. The van der Waals surface area contributed by atoms with Crippen molar-refractivity contribution in [2.24, 2.45) is 0 Å². The van der Waals surface area contributed by atoms with Crippen LogP contribution < -0.4 is 0 Å². The van der Waals surface area contributed by atoms with Crippen molar-refractivity contribution in [3.05, 3.63) is 0 Å². The van der Waals surface area contributed by atoms with Crippen LogP contribution in [0.4, 0.5) is 0 Å². The van der Waals surface area contributed by atoms with Crippen molar-refractivity contribution in [1.29, 1.82) is 0 Å². The minimum absolute atomic E-state index is 0.00241. The van der Waals surface area contributed by atoms with Gasteiger partial charge in [0, 0.05) is 18.5 Å². The standard InChI is InChI=1S/C34H69BrO4/c1-3-5-7-9-11-13-15-17-19-21-23-25-28-36-31-34(32-38-33-37-30-27-35)39-29-26-24-22-20-18-16-14-12-10-8-6-4-2/h34H,3-33H2,1-2H3. The van der Waals surface area contributed by atoms with E-state index in [-0.39, 0.29) is 6.10 Å². The van der Waals surface area contributed by atoms with Gasteiger partial charge in [0.1, 0.15) is 12.9 Å². The molecule has 0 aliphatic heterocycles. The summed E-state index contributed by atoms with van der Waals surface area (Å²) in [7, 11) is 0. The summed E-state index contributed by atoms with van der Waals surface area (Å²) in [6.45, 7) is 8.36. The maximum absolute atomic E-state index is 6.14. The van der Waals surface area contributed by atoms with Crippen LogP contribution in [-0.4, -0.2) is 51.3 Å². The summed E-state index contributed by atoms with van der Waals surface area (Å²) in [4.78, 5) is 0. The van der Waals surface area contributed by atoms with Crippen LogP contribution in [0.5, 0.6) is 0 Å². The van der Waals surface area contributed by atoms with Gasteiger partial charge in [0.05, 0.1) is 19.8 Å². The van der Waals surface area contributed by atoms with Gasteiger partial charge < -0.3 is 18.9 Å². The molecule has 0 aromatic rings. The zero-order chi connectivity index (χ0) is 28.3. The molecule has 0 rings (SSSR count). The summed E-state index contributed by atoms with van der Waals surface area (Å²) in [6.07, 6.45) is 32.8. The average Bonchev–Trinajstić information content (AvgIpc) is 2.95. The van der Waals surface area contributed by atoms with E-state index < -0.39 is 0 Å². The molecule has 0 bridgehead atoms. The first-order valence-electron chi connectivity index (χ1n) is 17.3. The first-order valence-corrected chi connectivity index (χ1v) is 18.4. The van der Waals surface area contributed by atoms with Gasteiger partial charge in [-0.2, -0.15) is 0 Å². The maximum atomic E-state index is 6.14. The van der Waals surface area contributed by atoms with Crippen molar-refractivity contribution in [3.8, 4) is 0 Å². The molecule has 0 saturated carbocycles. The number of hydrogen-bond acceptors (Lipinski definition) is 4. The Morgan fingerprint density at radius 1 is 0.410 bits per heavy atom. The van der Waals surface area contributed by atoms with E-state index in [1.807, 2.05) is 0 Å². The minimum Gasteiger partial charge on any atom is -0.379 e. The molecule has 0 aromatic carbocycles. The van der Waals surface area contributed by atoms with Gasteiger partial charge in [0.15, 0.2) is 0 Å². The Bertz CT molecular complexity index is 424. The molecule has 39 heavy (non-hydrogen) atoms. The van der Waals surface area contributed by atoms with Crippen molar-refractivity contribution in [2.75, 3.05) is 45.2 Å². The SMILES string of the molecule is CCCCCCCCCCCCCCOCC(COCOCCBr)OCCCCCCCCCCCCCC. The predicted molar refractivity (Wildman–Crippen MR) is 173 cm³/mol. The van der Waals surface area contributed by atoms with Crippen LogP contribution in [0.3, 0.4) is 0 Å². The zero-order valence-electron chi connectivity index (χ0n) is 26.5. The number of alkyl halides is 1. The number of hydrogen-bond donors (Lipinski definition) is 0. The van der Waals surface area contributed by atoms with E-state index in [0.29, 0.717) is 26.6 Å². The Morgan fingerprint density at radius 3 is 1.23 bits per heavy atom. The molecule has 236 valence electrons. The van der Waals surface area contributed by atoms with E-state index in [1.165, 1.54) is 141 Å². The van der Waals surface area contributed by atoms with E-state index in [4.69, 9.17) is 18.9 Å². The average molecular weight is 622 g/mol. The van der Waals surface area contributed by atoms with Crippen LogP contribution >= 0.6 is 15.9 Å². The Labute approximate surface area is 253 Å². The van der Waals surface area contributed by atoms with E-state index in [9.17, 15) is 0 Å². The minimum atomic E-state index is 0.00241. The van der Waals surface area contributed by atoms with Crippen molar-refractivity contribution in [1.82, 2.24) is 0 Å². The summed E-state index contributed by atoms with van der Waals surface area (Å²) in [5.74, 6) is 0. The van der Waals surface area contributed by atoms with Crippen molar-refractivity contribution in [2.45, 2.75) is 174 Å². The van der Waals surface area contributed by atoms with E-state index in [2.05, 4.69) is 29.8 Å². The largest absolute Gasteiger partial charge is 0.379 e. The van der Waals surface area contributed by atoms with Gasteiger partial charge in [-0.05, 0) is 12.8 Å². The highest BCUT2D eigenvalue weighted by molar-refractivity contribution is 9.09. The quantitative estimate of drug-likeness (QED) is 0.0401. The second kappa shape index (κ2) is 36.3. The van der Waals surface area contributed by atoms with Gasteiger partial charge >= 0.3 is 0 Å². The van der Waals surface area contributed by atoms with Gasteiger partial charge in [-0.15, -0.1) is 0 Å². The third-order valence-electron chi connectivity index (χ3n) is 7.49. The highest BCUT2D eigenvalue weighted by Crippen LogP contribution is 2.13. The van der Waals surface area contributed by atoms with Gasteiger partial charge in [-0.3, -0.25) is 0 Å². The molecule has 4 nitrogen and oxygen atoms in total. The molecule has 0 aromatic heterocycles. The summed E-state index contributed by atoms with van der Waals surface area (Å²) < 4.78 is 23.2. The molecular weight excluding hydrogens is 552 g/mol. The summed E-state index contributed by atoms with van der Waals surface area (Å²) in [5, 5.41) is 0.831. The Kier molecular flexibility index (Phi) is 36.6. The topological polar surface area (TPSA) is 36.9 Å². The molecule has 1 unspecified atom stereocenters. The van der Waals surface area contributed by atoms with Crippen LogP contribution in [0.1, 0.15) is 168 Å². The molecule has 1 atom stereocenters. The fraction of sp³-hybridized carbons (Fsp3) is 1.00. The summed E-state index contributed by atoms with van der Waals surface area (Å²) in [6, 6.07) is 0. The number of halogens is 1. The molecule has 5 heteroatoms. The van der Waals surface area contributed by atoms with Crippen molar-refractivity contribution < 1.29 is 18.9 Å². The fourth-order valence-electron chi connectivity index (χ4n) is 4.95.